The first-order valence-electron chi connectivity index (χ1n) is 6.28. The molecule has 1 aromatic carbocycles. The Labute approximate surface area is 117 Å². The van der Waals surface area contributed by atoms with Gasteiger partial charge in [0.25, 0.3) is 0 Å². The monoisotopic (exact) mass is 275 g/mol. The minimum absolute atomic E-state index is 0.576. The number of hydrogen-bond donors (Lipinski definition) is 0. The number of benzene rings is 1. The molecule has 1 aromatic heterocycles. The zero-order chi connectivity index (χ0) is 13.7. The van der Waals surface area contributed by atoms with Crippen LogP contribution in [0, 0.1) is 6.92 Å². The summed E-state index contributed by atoms with van der Waals surface area (Å²) in [5.74, 6) is 0. The Balaban J connectivity index is 2.20. The van der Waals surface area contributed by atoms with Crippen molar-refractivity contribution >= 4 is 28.0 Å². The van der Waals surface area contributed by atoms with Crippen LogP contribution in [0.25, 0.3) is 0 Å². The number of rotatable bonds is 5. The Kier molecular flexibility index (Phi) is 4.57. The molecular weight excluding hydrogens is 258 g/mol. The summed E-state index contributed by atoms with van der Waals surface area (Å²) in [5.41, 5.74) is 3.20. The average molecular weight is 275 g/mol. The van der Waals surface area contributed by atoms with Gasteiger partial charge in [0.2, 0.25) is 5.13 Å². The van der Waals surface area contributed by atoms with Crippen LogP contribution in [0.5, 0.6) is 0 Å². The Bertz CT molecular complexity index is 546. The SMILES string of the molecule is CCN(CC)c1ccc(N=Nc2ncns2)c(C)c1. The smallest absolute Gasteiger partial charge is 0.249 e. The molecule has 2 aromatic rings. The van der Waals surface area contributed by atoms with Crippen molar-refractivity contribution in [3.05, 3.63) is 30.1 Å². The molecule has 0 amide bonds. The summed E-state index contributed by atoms with van der Waals surface area (Å²) < 4.78 is 3.89. The largest absolute Gasteiger partial charge is 0.372 e. The Hall–Kier alpha value is -1.82. The third kappa shape index (κ3) is 3.35. The second-order valence-corrected chi connectivity index (χ2v) is 4.83. The van der Waals surface area contributed by atoms with Crippen LogP contribution in [0.2, 0.25) is 0 Å². The van der Waals surface area contributed by atoms with E-state index in [0.29, 0.717) is 5.13 Å². The van der Waals surface area contributed by atoms with Gasteiger partial charge in [-0.25, -0.2) is 4.98 Å². The van der Waals surface area contributed by atoms with Crippen LogP contribution in [0.1, 0.15) is 19.4 Å². The summed E-state index contributed by atoms with van der Waals surface area (Å²) in [7, 11) is 0. The maximum Gasteiger partial charge on any atom is 0.249 e. The Morgan fingerprint density at radius 1 is 1.21 bits per heavy atom. The minimum atomic E-state index is 0.576. The molecule has 1 heterocycles. The molecule has 0 bridgehead atoms. The molecule has 6 heteroatoms. The van der Waals surface area contributed by atoms with Crippen molar-refractivity contribution in [2.75, 3.05) is 18.0 Å². The second kappa shape index (κ2) is 6.38. The standard InChI is InChI=1S/C13H17N5S/c1-4-18(5-2)11-6-7-12(10(3)8-11)16-17-13-14-9-15-19-13/h6-9H,4-5H2,1-3H3. The van der Waals surface area contributed by atoms with Crippen molar-refractivity contribution in [1.29, 1.82) is 0 Å². The molecule has 0 spiro atoms. The summed E-state index contributed by atoms with van der Waals surface area (Å²) in [4.78, 5) is 6.28. The van der Waals surface area contributed by atoms with E-state index in [0.717, 1.165) is 24.3 Å². The van der Waals surface area contributed by atoms with E-state index in [-0.39, 0.29) is 0 Å². The Morgan fingerprint density at radius 3 is 2.58 bits per heavy atom. The number of anilines is 1. The molecule has 0 fully saturated rings. The van der Waals surface area contributed by atoms with Gasteiger partial charge >= 0.3 is 0 Å². The molecular formula is C13H17N5S. The zero-order valence-corrected chi connectivity index (χ0v) is 12.2. The number of hydrogen-bond acceptors (Lipinski definition) is 6. The maximum absolute atomic E-state index is 4.21. The lowest BCUT2D eigenvalue weighted by molar-refractivity contribution is 0.865. The molecule has 0 N–H and O–H groups in total. The summed E-state index contributed by atoms with van der Waals surface area (Å²) in [5, 5.41) is 8.86. The topological polar surface area (TPSA) is 53.7 Å². The lowest BCUT2D eigenvalue weighted by Gasteiger charge is -2.21. The van der Waals surface area contributed by atoms with E-state index >= 15 is 0 Å². The fourth-order valence-electron chi connectivity index (χ4n) is 1.85. The summed E-state index contributed by atoms with van der Waals surface area (Å²) in [6.45, 7) is 8.36. The van der Waals surface area contributed by atoms with E-state index in [4.69, 9.17) is 0 Å². The molecule has 100 valence electrons. The maximum atomic E-state index is 4.21. The van der Waals surface area contributed by atoms with Crippen LogP contribution in [0.4, 0.5) is 16.5 Å². The first kappa shape index (κ1) is 13.6. The molecule has 0 aliphatic rings. The van der Waals surface area contributed by atoms with Crippen molar-refractivity contribution in [3.8, 4) is 0 Å². The molecule has 0 unspecified atom stereocenters. The van der Waals surface area contributed by atoms with Crippen LogP contribution in [0.15, 0.2) is 34.8 Å². The summed E-state index contributed by atoms with van der Waals surface area (Å²) >= 11 is 1.23. The van der Waals surface area contributed by atoms with Crippen LogP contribution in [0.3, 0.4) is 0 Å². The van der Waals surface area contributed by atoms with Gasteiger partial charge in [0.1, 0.15) is 6.33 Å². The molecule has 0 aliphatic heterocycles. The van der Waals surface area contributed by atoms with Gasteiger partial charge in [-0.2, -0.15) is 4.37 Å². The van der Waals surface area contributed by atoms with Crippen LogP contribution < -0.4 is 4.90 Å². The molecule has 0 aliphatic carbocycles. The van der Waals surface area contributed by atoms with E-state index in [1.807, 2.05) is 13.0 Å². The lowest BCUT2D eigenvalue weighted by Crippen LogP contribution is -2.21. The molecule has 0 atom stereocenters. The average Bonchev–Trinajstić information content (AvgIpc) is 2.92. The van der Waals surface area contributed by atoms with Gasteiger partial charge in [0.15, 0.2) is 0 Å². The predicted molar refractivity (Wildman–Crippen MR) is 78.8 cm³/mol. The second-order valence-electron chi connectivity index (χ2n) is 4.07. The third-order valence-electron chi connectivity index (χ3n) is 2.90. The lowest BCUT2D eigenvalue weighted by atomic mass is 10.1. The normalized spacial score (nSPS) is 11.1. The number of aryl methyl sites for hydroxylation is 1. The van der Waals surface area contributed by atoms with Crippen LogP contribution in [-0.4, -0.2) is 22.4 Å². The van der Waals surface area contributed by atoms with Crippen molar-refractivity contribution in [2.24, 2.45) is 10.2 Å². The predicted octanol–water partition coefficient (Wildman–Crippen LogP) is 4.11. The molecule has 5 nitrogen and oxygen atoms in total. The van der Waals surface area contributed by atoms with Gasteiger partial charge in [0, 0.05) is 30.3 Å². The van der Waals surface area contributed by atoms with Gasteiger partial charge in [0.05, 0.1) is 5.69 Å². The van der Waals surface area contributed by atoms with Crippen molar-refractivity contribution in [1.82, 2.24) is 9.36 Å². The number of nitrogens with zero attached hydrogens (tertiary/aromatic N) is 5. The number of aromatic nitrogens is 2. The summed E-state index contributed by atoms with van der Waals surface area (Å²) in [6, 6.07) is 6.21. The third-order valence-corrected chi connectivity index (χ3v) is 3.45. The van der Waals surface area contributed by atoms with Crippen molar-refractivity contribution < 1.29 is 0 Å². The van der Waals surface area contributed by atoms with Gasteiger partial charge < -0.3 is 4.90 Å². The van der Waals surface area contributed by atoms with Crippen molar-refractivity contribution in [2.45, 2.75) is 20.8 Å². The highest BCUT2D eigenvalue weighted by molar-refractivity contribution is 7.09. The van der Waals surface area contributed by atoms with Gasteiger partial charge in [-0.1, -0.05) is 0 Å². The first-order valence-corrected chi connectivity index (χ1v) is 7.06. The molecule has 0 saturated carbocycles. The highest BCUT2D eigenvalue weighted by Gasteiger charge is 2.04. The molecule has 2 rings (SSSR count). The van der Waals surface area contributed by atoms with Crippen LogP contribution >= 0.6 is 11.5 Å². The quantitative estimate of drug-likeness (QED) is 0.772. The van der Waals surface area contributed by atoms with E-state index in [1.165, 1.54) is 23.5 Å². The zero-order valence-electron chi connectivity index (χ0n) is 11.4. The van der Waals surface area contributed by atoms with Gasteiger partial charge in [-0.3, -0.25) is 0 Å². The minimum Gasteiger partial charge on any atom is -0.372 e. The van der Waals surface area contributed by atoms with Gasteiger partial charge in [-0.05, 0) is 44.5 Å². The first-order chi connectivity index (χ1) is 9.24. The Morgan fingerprint density at radius 2 is 2.00 bits per heavy atom. The van der Waals surface area contributed by atoms with E-state index < -0.39 is 0 Å². The van der Waals surface area contributed by atoms with Crippen molar-refractivity contribution in [3.63, 3.8) is 0 Å². The fourth-order valence-corrected chi connectivity index (χ4v) is 2.21. The highest BCUT2D eigenvalue weighted by atomic mass is 32.1. The molecule has 0 radical (unpaired) electrons. The van der Waals surface area contributed by atoms with Crippen LogP contribution in [-0.2, 0) is 0 Å². The highest BCUT2D eigenvalue weighted by Crippen LogP contribution is 2.26. The summed E-state index contributed by atoms with van der Waals surface area (Å²) in [6.07, 6.45) is 1.48. The van der Waals surface area contributed by atoms with E-state index in [2.05, 4.69) is 50.5 Å². The molecule has 19 heavy (non-hydrogen) atoms. The molecule has 0 saturated heterocycles. The fraction of sp³-hybridized carbons (Fsp3) is 0.385. The van der Waals surface area contributed by atoms with Gasteiger partial charge in [-0.15, -0.1) is 10.2 Å². The van der Waals surface area contributed by atoms with E-state index in [9.17, 15) is 0 Å². The van der Waals surface area contributed by atoms with E-state index in [1.54, 1.807) is 0 Å². The number of azo groups is 1.